The predicted molar refractivity (Wildman–Crippen MR) is 128 cm³/mol. The highest BCUT2D eigenvalue weighted by molar-refractivity contribution is 9.10. The zero-order valence-corrected chi connectivity index (χ0v) is 23.9. The van der Waals surface area contributed by atoms with E-state index in [9.17, 15) is 4.79 Å². The Labute approximate surface area is 200 Å². The molecule has 9 heteroatoms. The van der Waals surface area contributed by atoms with Crippen molar-refractivity contribution in [2.45, 2.75) is 27.7 Å². The van der Waals surface area contributed by atoms with Gasteiger partial charge in [0.25, 0.3) is 0 Å². The number of rotatable bonds is 8. The van der Waals surface area contributed by atoms with Crippen molar-refractivity contribution in [2.75, 3.05) is 53.1 Å². The molecule has 1 aliphatic heterocycles. The molecule has 0 radical (unpaired) electrons. The maximum absolute atomic E-state index is 10.5. The molecule has 1 rings (SSSR count). The fraction of sp³-hybridized carbons (Fsp3) is 0.941. The van der Waals surface area contributed by atoms with Gasteiger partial charge in [0.1, 0.15) is 0 Å². The molecule has 1 saturated heterocycles. The molecule has 26 heavy (non-hydrogen) atoms. The minimum atomic E-state index is -0.224. The van der Waals surface area contributed by atoms with Crippen molar-refractivity contribution >= 4 is 85.6 Å². The van der Waals surface area contributed by atoms with Gasteiger partial charge in [0.05, 0.1) is 26.4 Å². The van der Waals surface area contributed by atoms with E-state index in [1.807, 2.05) is 13.8 Å². The number of hydrogen-bond donors (Lipinski definition) is 1. The number of carbonyl (C=O) groups excluding carboxylic acids is 1. The van der Waals surface area contributed by atoms with Gasteiger partial charge in [-0.05, 0) is 0 Å². The third-order valence-corrected chi connectivity index (χ3v) is 10.3. The van der Waals surface area contributed by atoms with Crippen LogP contribution in [0.15, 0.2) is 0 Å². The van der Waals surface area contributed by atoms with E-state index >= 15 is 0 Å². The summed E-state index contributed by atoms with van der Waals surface area (Å²) in [5, 5.41) is 13.1. The van der Waals surface area contributed by atoms with Gasteiger partial charge in [-0.1, -0.05) is 100 Å². The van der Waals surface area contributed by atoms with Crippen molar-refractivity contribution in [3.8, 4) is 0 Å². The molecule has 0 atom stereocenters. The Hall–Kier alpha value is 1.79. The maximum atomic E-state index is 10.5. The van der Waals surface area contributed by atoms with Gasteiger partial charge in [-0.15, -0.1) is 0 Å². The lowest BCUT2D eigenvalue weighted by Crippen LogP contribution is -2.40. The molecule has 1 heterocycles. The van der Waals surface area contributed by atoms with Crippen LogP contribution in [0.5, 0.6) is 0 Å². The predicted octanol–water partition coefficient (Wildman–Crippen LogP) is 5.54. The Balaban J connectivity index is 0. The quantitative estimate of drug-likeness (QED) is 0.268. The molecule has 1 fully saturated rings. The van der Waals surface area contributed by atoms with Gasteiger partial charge < -0.3 is 14.6 Å². The molecule has 0 spiro atoms. The number of hydrogen-bond acceptors (Lipinski definition) is 4. The number of esters is 1. The lowest BCUT2D eigenvalue weighted by Gasteiger charge is -2.36. The second-order valence-electron chi connectivity index (χ2n) is 7.53. The highest BCUT2D eigenvalue weighted by Crippen LogP contribution is 2.28. The van der Waals surface area contributed by atoms with Crippen LogP contribution in [0.2, 0.25) is 0 Å². The zero-order chi connectivity index (χ0) is 20.9. The van der Waals surface area contributed by atoms with Crippen molar-refractivity contribution in [3.05, 3.63) is 0 Å². The van der Waals surface area contributed by atoms with Crippen molar-refractivity contribution in [2.24, 2.45) is 16.2 Å². The number of alkyl halides is 5. The number of ether oxygens (including phenoxy) is 2. The number of carbonyl (C=O) groups is 1. The van der Waals surface area contributed by atoms with Gasteiger partial charge >= 0.3 is 5.97 Å². The molecular weight excluding hydrogens is 668 g/mol. The van der Waals surface area contributed by atoms with Gasteiger partial charge in [-0.3, -0.25) is 4.79 Å². The van der Waals surface area contributed by atoms with Crippen LogP contribution < -0.4 is 0 Å². The normalized spacial score (nSPS) is 15.6. The molecule has 0 bridgehead atoms. The number of aliphatic hydroxyl groups is 1. The van der Waals surface area contributed by atoms with Gasteiger partial charge in [-0.2, -0.15) is 0 Å². The van der Waals surface area contributed by atoms with Crippen LogP contribution in [0, 0.1) is 16.2 Å². The van der Waals surface area contributed by atoms with Crippen LogP contribution in [0.4, 0.5) is 0 Å². The molecule has 0 aromatic rings. The van der Waals surface area contributed by atoms with Crippen LogP contribution in [0.25, 0.3) is 0 Å². The van der Waals surface area contributed by atoms with Crippen molar-refractivity contribution in [1.82, 2.24) is 0 Å². The van der Waals surface area contributed by atoms with E-state index in [0.29, 0.717) is 12.0 Å². The average molecular weight is 699 g/mol. The van der Waals surface area contributed by atoms with Crippen LogP contribution in [-0.4, -0.2) is 64.2 Å². The summed E-state index contributed by atoms with van der Waals surface area (Å²) >= 11 is 16.7. The number of aliphatic hydroxyl groups excluding tert-OH is 1. The Morgan fingerprint density at radius 3 is 1.58 bits per heavy atom. The highest BCUT2D eigenvalue weighted by Gasteiger charge is 2.31. The Morgan fingerprint density at radius 2 is 1.46 bits per heavy atom. The maximum Gasteiger partial charge on any atom is 0.302 e. The molecule has 0 unspecified atom stereocenters. The first kappa shape index (κ1) is 30.0. The van der Waals surface area contributed by atoms with E-state index < -0.39 is 0 Å². The van der Waals surface area contributed by atoms with Crippen molar-refractivity contribution < 1.29 is 19.4 Å². The Kier molecular flexibility index (Phi) is 18.0. The summed E-state index contributed by atoms with van der Waals surface area (Å²) in [4.78, 5) is 10.5. The van der Waals surface area contributed by atoms with E-state index in [4.69, 9.17) is 14.6 Å². The Bertz CT molecular complexity index is 356. The topological polar surface area (TPSA) is 55.8 Å². The lowest BCUT2D eigenvalue weighted by atomic mass is 9.92. The summed E-state index contributed by atoms with van der Waals surface area (Å²) in [5.74, 6) is -0.224. The lowest BCUT2D eigenvalue weighted by molar-refractivity contribution is -0.143. The minimum absolute atomic E-state index is 0.00562. The molecule has 158 valence electrons. The summed E-state index contributed by atoms with van der Waals surface area (Å²) < 4.78 is 9.89. The third kappa shape index (κ3) is 13.9. The minimum Gasteiger partial charge on any atom is -0.465 e. The summed E-state index contributed by atoms with van der Waals surface area (Å²) in [6, 6.07) is 0. The van der Waals surface area contributed by atoms with E-state index in [2.05, 4.69) is 86.6 Å². The van der Waals surface area contributed by atoms with Gasteiger partial charge in [-0.25, -0.2) is 0 Å². The molecule has 0 saturated carbocycles. The molecular formula is C17H31Br5O4. The Morgan fingerprint density at radius 1 is 1.04 bits per heavy atom. The van der Waals surface area contributed by atoms with Crippen LogP contribution in [0.1, 0.15) is 27.7 Å². The second-order valence-corrected chi connectivity index (χ2v) is 10.3. The van der Waals surface area contributed by atoms with Gasteiger partial charge in [0, 0.05) is 49.8 Å². The van der Waals surface area contributed by atoms with Crippen LogP contribution in [0.3, 0.4) is 0 Å². The molecule has 0 aromatic carbocycles. The second kappa shape index (κ2) is 15.6. The third-order valence-electron chi connectivity index (χ3n) is 3.52. The van der Waals surface area contributed by atoms with E-state index in [1.165, 1.54) is 6.92 Å². The molecule has 4 nitrogen and oxygen atoms in total. The van der Waals surface area contributed by atoms with Crippen LogP contribution in [-0.2, 0) is 14.3 Å². The molecule has 0 amide bonds. The molecule has 1 aliphatic rings. The van der Waals surface area contributed by atoms with Crippen molar-refractivity contribution in [1.29, 1.82) is 0 Å². The highest BCUT2D eigenvalue weighted by atomic mass is 79.9. The van der Waals surface area contributed by atoms with Crippen LogP contribution >= 0.6 is 79.6 Å². The van der Waals surface area contributed by atoms with E-state index in [-0.39, 0.29) is 23.4 Å². The number of halogens is 5. The molecule has 0 aliphatic carbocycles. The van der Waals surface area contributed by atoms with E-state index in [0.717, 1.165) is 39.9 Å². The van der Waals surface area contributed by atoms with E-state index in [1.54, 1.807) is 0 Å². The monoisotopic (exact) mass is 694 g/mol. The largest absolute Gasteiger partial charge is 0.465 e. The fourth-order valence-corrected chi connectivity index (χ4v) is 3.90. The summed E-state index contributed by atoms with van der Waals surface area (Å²) in [6.07, 6.45) is 0. The summed E-state index contributed by atoms with van der Waals surface area (Å²) in [5.41, 5.74) is 0.478. The summed E-state index contributed by atoms with van der Waals surface area (Å²) in [7, 11) is 0. The standard InChI is InChI=1S/C7H12Br2O2.C5H10Br2O.C5H9BrO/c1-6(10)11-5-7(2,3-8)4-9;1-5(2-6,3-7)4-8;1-5(2-6)3-7-4-5/h3-5H2,1-2H3;8H,2-4H2,1H3;2-4H2,1H3. The summed E-state index contributed by atoms with van der Waals surface area (Å²) in [6.45, 7) is 10.2. The van der Waals surface area contributed by atoms with Crippen molar-refractivity contribution in [3.63, 3.8) is 0 Å². The first-order chi connectivity index (χ1) is 12.0. The van der Waals surface area contributed by atoms with Gasteiger partial charge in [0.15, 0.2) is 0 Å². The molecule has 1 N–H and O–H groups in total. The van der Waals surface area contributed by atoms with Gasteiger partial charge in [0.2, 0.25) is 0 Å². The zero-order valence-electron chi connectivity index (χ0n) is 15.9. The first-order valence-corrected chi connectivity index (χ1v) is 13.7. The first-order valence-electron chi connectivity index (χ1n) is 8.11. The fourth-order valence-electron chi connectivity index (χ4n) is 1.04. The molecule has 0 aromatic heterocycles. The smallest absolute Gasteiger partial charge is 0.302 e. The average Bonchev–Trinajstić information content (AvgIpc) is 2.64. The SMILES string of the molecule is CC(=O)OCC(C)(CBr)CBr.CC(CO)(CBr)CBr.CC1(CBr)COC1.